The van der Waals surface area contributed by atoms with E-state index < -0.39 is 11.9 Å². The van der Waals surface area contributed by atoms with E-state index >= 15 is 0 Å². The minimum Gasteiger partial charge on any atom is -0.463 e. The highest BCUT2D eigenvalue weighted by molar-refractivity contribution is 5.59. The summed E-state index contributed by atoms with van der Waals surface area (Å²) >= 11 is 0. The molecule has 1 aliphatic carbocycles. The van der Waals surface area contributed by atoms with Crippen molar-refractivity contribution >= 4 is 0 Å². The van der Waals surface area contributed by atoms with Crippen molar-refractivity contribution in [3.8, 4) is 17.3 Å². The lowest BCUT2D eigenvalue weighted by Crippen LogP contribution is -2.27. The minimum absolute atomic E-state index is 0.207. The molecule has 0 bridgehead atoms. The van der Waals surface area contributed by atoms with Crippen LogP contribution in [0.25, 0.3) is 11.3 Å². The van der Waals surface area contributed by atoms with Gasteiger partial charge in [0, 0.05) is 12.1 Å². The van der Waals surface area contributed by atoms with Gasteiger partial charge in [0.05, 0.1) is 12.3 Å². The van der Waals surface area contributed by atoms with Crippen LogP contribution in [0, 0.1) is 5.92 Å². The van der Waals surface area contributed by atoms with E-state index in [2.05, 4.69) is 39.1 Å². The van der Waals surface area contributed by atoms with Gasteiger partial charge in [0.1, 0.15) is 0 Å². The summed E-state index contributed by atoms with van der Waals surface area (Å²) in [7, 11) is 0. The number of nitrogens with zero attached hydrogens (tertiary/aromatic N) is 3. The third-order valence-corrected chi connectivity index (χ3v) is 6.81. The van der Waals surface area contributed by atoms with Crippen LogP contribution < -0.4 is 4.74 Å². The smallest absolute Gasteiger partial charge is 0.433 e. The molecule has 0 amide bonds. The van der Waals surface area contributed by atoms with Gasteiger partial charge in [-0.05, 0) is 67.8 Å². The fraction of sp³-hybridized carbons (Fsp3) is 0.407. The van der Waals surface area contributed by atoms with Crippen LogP contribution in [0.1, 0.15) is 48.4 Å². The van der Waals surface area contributed by atoms with Gasteiger partial charge in [0.25, 0.3) is 0 Å². The number of ether oxygens (including phenoxy) is 1. The highest BCUT2D eigenvalue weighted by atomic mass is 19.4. The van der Waals surface area contributed by atoms with Gasteiger partial charge in [0.2, 0.25) is 0 Å². The van der Waals surface area contributed by atoms with Crippen LogP contribution in [-0.2, 0) is 12.7 Å². The number of likely N-dealkylation sites (tertiary alicyclic amines) is 1. The second kappa shape index (κ2) is 9.74. The van der Waals surface area contributed by atoms with Gasteiger partial charge < -0.3 is 4.74 Å². The van der Waals surface area contributed by atoms with Gasteiger partial charge in [0.15, 0.2) is 5.69 Å². The predicted octanol–water partition coefficient (Wildman–Crippen LogP) is 6.33. The van der Waals surface area contributed by atoms with Gasteiger partial charge in [-0.3, -0.25) is 4.90 Å². The highest BCUT2D eigenvalue weighted by Gasteiger charge is 2.35. The van der Waals surface area contributed by atoms with E-state index in [0.717, 1.165) is 25.5 Å². The number of alkyl halides is 3. The number of halogens is 3. The zero-order valence-corrected chi connectivity index (χ0v) is 19.0. The highest BCUT2D eigenvalue weighted by Crippen LogP contribution is 2.42. The maximum absolute atomic E-state index is 13.4. The Morgan fingerprint density at radius 3 is 2.29 bits per heavy atom. The largest absolute Gasteiger partial charge is 0.463 e. The Morgan fingerprint density at radius 1 is 0.912 bits per heavy atom. The topological polar surface area (TPSA) is 38.2 Å². The summed E-state index contributed by atoms with van der Waals surface area (Å²) in [5.74, 6) is 0.754. The predicted molar refractivity (Wildman–Crippen MR) is 124 cm³/mol. The Kier molecular flexibility index (Phi) is 6.55. The summed E-state index contributed by atoms with van der Waals surface area (Å²) in [6, 6.07) is 18.4. The summed E-state index contributed by atoms with van der Waals surface area (Å²) < 4.78 is 45.8. The zero-order chi connectivity index (χ0) is 23.5. The van der Waals surface area contributed by atoms with E-state index in [-0.39, 0.29) is 17.6 Å². The van der Waals surface area contributed by atoms with E-state index in [9.17, 15) is 13.2 Å². The maximum Gasteiger partial charge on any atom is 0.433 e. The Hall–Kier alpha value is -2.93. The van der Waals surface area contributed by atoms with Crippen molar-refractivity contribution in [2.24, 2.45) is 5.92 Å². The molecule has 0 radical (unpaired) electrons. The van der Waals surface area contributed by atoms with Gasteiger partial charge in [-0.1, -0.05) is 54.6 Å². The number of hydrogen-bond acceptors (Lipinski definition) is 4. The Bertz CT molecular complexity index is 1090. The fourth-order valence-corrected chi connectivity index (χ4v) is 4.82. The number of aromatic nitrogens is 2. The monoisotopic (exact) mass is 467 g/mol. The quantitative estimate of drug-likeness (QED) is 0.407. The van der Waals surface area contributed by atoms with Crippen molar-refractivity contribution in [3.63, 3.8) is 0 Å². The van der Waals surface area contributed by atoms with Crippen molar-refractivity contribution in [2.75, 3.05) is 19.7 Å². The third kappa shape index (κ3) is 5.41. The molecule has 4 nitrogen and oxygen atoms in total. The number of benzene rings is 2. The van der Waals surface area contributed by atoms with E-state index in [0.29, 0.717) is 18.1 Å². The van der Waals surface area contributed by atoms with E-state index in [4.69, 9.17) is 4.74 Å². The van der Waals surface area contributed by atoms with Gasteiger partial charge in [-0.2, -0.15) is 23.1 Å². The second-order valence-corrected chi connectivity index (χ2v) is 9.35. The molecule has 0 atom stereocenters. The summed E-state index contributed by atoms with van der Waals surface area (Å²) in [6.45, 7) is 3.71. The molecule has 5 rings (SSSR count). The van der Waals surface area contributed by atoms with Crippen molar-refractivity contribution in [1.29, 1.82) is 0 Å². The van der Waals surface area contributed by atoms with Gasteiger partial charge >= 0.3 is 12.2 Å². The Morgan fingerprint density at radius 2 is 1.62 bits per heavy atom. The number of rotatable bonds is 7. The van der Waals surface area contributed by atoms with Crippen molar-refractivity contribution in [1.82, 2.24) is 14.9 Å². The lowest BCUT2D eigenvalue weighted by Gasteiger charge is -2.35. The molecule has 34 heavy (non-hydrogen) atoms. The van der Waals surface area contributed by atoms with E-state index in [1.165, 1.54) is 37.1 Å². The molecule has 0 N–H and O–H groups in total. The first kappa shape index (κ1) is 22.8. The molecule has 2 fully saturated rings. The van der Waals surface area contributed by atoms with Gasteiger partial charge in [-0.15, -0.1) is 0 Å². The summed E-state index contributed by atoms with van der Waals surface area (Å²) in [5.41, 5.74) is 2.48. The van der Waals surface area contributed by atoms with Crippen LogP contribution in [-0.4, -0.2) is 34.6 Å². The summed E-state index contributed by atoms with van der Waals surface area (Å²) in [5, 5.41) is 0. The van der Waals surface area contributed by atoms with E-state index in [1.54, 1.807) is 30.3 Å². The Labute approximate surface area is 197 Å². The molecular weight excluding hydrogens is 439 g/mol. The molecule has 1 aromatic heterocycles. The van der Waals surface area contributed by atoms with Gasteiger partial charge in [-0.25, -0.2) is 0 Å². The van der Waals surface area contributed by atoms with Crippen molar-refractivity contribution < 1.29 is 17.9 Å². The summed E-state index contributed by atoms with van der Waals surface area (Å²) in [4.78, 5) is 10.4. The van der Waals surface area contributed by atoms with Crippen LogP contribution in [0.5, 0.6) is 6.01 Å². The van der Waals surface area contributed by atoms with E-state index in [1.807, 2.05) is 0 Å². The first-order valence-electron chi connectivity index (χ1n) is 11.9. The van der Waals surface area contributed by atoms with Crippen molar-refractivity contribution in [2.45, 2.75) is 44.3 Å². The average Bonchev–Trinajstić information content (AvgIpc) is 3.32. The van der Waals surface area contributed by atoms with Crippen LogP contribution in [0.15, 0.2) is 60.7 Å². The second-order valence-electron chi connectivity index (χ2n) is 9.35. The van der Waals surface area contributed by atoms with Crippen LogP contribution in [0.4, 0.5) is 13.2 Å². The molecule has 1 aliphatic heterocycles. The molecule has 2 aromatic carbocycles. The van der Waals surface area contributed by atoms with Crippen LogP contribution in [0.3, 0.4) is 0 Å². The zero-order valence-electron chi connectivity index (χ0n) is 19.0. The Balaban J connectivity index is 1.18. The first-order chi connectivity index (χ1) is 16.4. The van der Waals surface area contributed by atoms with Crippen LogP contribution in [0.2, 0.25) is 0 Å². The molecule has 0 spiro atoms. The molecular formula is C27H28F3N3O. The SMILES string of the molecule is FC(F)(F)c1cc(-c2ccccc2)nc(OC[C@H]2C[C@@H](c3ccc(CN4CCCC4)cc3)C2)n1. The third-order valence-electron chi connectivity index (χ3n) is 6.81. The molecule has 2 heterocycles. The standard InChI is InChI=1S/C27H28F3N3O/c28-27(29,30)25-16-24(22-6-2-1-3-7-22)31-26(32-25)34-18-20-14-23(15-20)21-10-8-19(9-11-21)17-33-12-4-5-13-33/h1-3,6-11,16,20,23H,4-5,12-15,17-18H2/t20-,23+. The average molecular weight is 468 g/mol. The number of hydrogen-bond donors (Lipinski definition) is 0. The molecule has 7 heteroatoms. The first-order valence-corrected chi connectivity index (χ1v) is 11.9. The maximum atomic E-state index is 13.4. The fourth-order valence-electron chi connectivity index (χ4n) is 4.82. The minimum atomic E-state index is -4.56. The lowest BCUT2D eigenvalue weighted by atomic mass is 9.72. The molecule has 0 unspecified atom stereocenters. The summed E-state index contributed by atoms with van der Waals surface area (Å²) in [6.07, 6.45) is -0.0650. The molecule has 1 saturated carbocycles. The normalized spacial score (nSPS) is 20.8. The van der Waals surface area contributed by atoms with Crippen molar-refractivity contribution in [3.05, 3.63) is 77.5 Å². The molecule has 1 saturated heterocycles. The van der Waals surface area contributed by atoms with Crippen LogP contribution >= 0.6 is 0 Å². The lowest BCUT2D eigenvalue weighted by molar-refractivity contribution is -0.141. The molecule has 178 valence electrons. The molecule has 2 aliphatic rings. The molecule has 3 aromatic rings.